The van der Waals surface area contributed by atoms with E-state index in [0.29, 0.717) is 5.54 Å². The zero-order chi connectivity index (χ0) is 11.6. The van der Waals surface area contributed by atoms with E-state index in [1.807, 2.05) is 0 Å². The molecule has 0 aromatic rings. The van der Waals surface area contributed by atoms with Crippen LogP contribution >= 0.6 is 0 Å². The summed E-state index contributed by atoms with van der Waals surface area (Å²) in [4.78, 5) is 5.16. The molecule has 2 heterocycles. The van der Waals surface area contributed by atoms with Crippen molar-refractivity contribution in [2.24, 2.45) is 5.92 Å². The number of piperazine rings is 1. The van der Waals surface area contributed by atoms with E-state index >= 15 is 0 Å². The van der Waals surface area contributed by atoms with Crippen LogP contribution in [0.3, 0.4) is 0 Å². The van der Waals surface area contributed by atoms with Crippen LogP contribution in [0.25, 0.3) is 0 Å². The van der Waals surface area contributed by atoms with Crippen molar-refractivity contribution in [1.29, 1.82) is 0 Å². The molecule has 94 valence electrons. The molecule has 0 bridgehead atoms. The zero-order valence-corrected chi connectivity index (χ0v) is 11.1. The predicted octanol–water partition coefficient (Wildman–Crippen LogP) is 1.01. The Morgan fingerprint density at radius 3 is 2.12 bits per heavy atom. The number of nitrogens with one attached hydrogen (secondary N) is 1. The lowest BCUT2D eigenvalue weighted by Gasteiger charge is -2.48. The fourth-order valence-corrected chi connectivity index (χ4v) is 3.21. The second-order valence-electron chi connectivity index (χ2n) is 5.97. The topological polar surface area (TPSA) is 18.5 Å². The summed E-state index contributed by atoms with van der Waals surface area (Å²) in [5.74, 6) is 0.877. The maximum absolute atomic E-state index is 3.45. The van der Waals surface area contributed by atoms with Gasteiger partial charge in [-0.3, -0.25) is 4.90 Å². The van der Waals surface area contributed by atoms with Gasteiger partial charge in [-0.25, -0.2) is 0 Å². The highest BCUT2D eigenvalue weighted by Gasteiger charge is 2.36. The molecule has 0 radical (unpaired) electrons. The molecule has 0 atom stereocenters. The van der Waals surface area contributed by atoms with E-state index in [2.05, 4.69) is 36.0 Å². The Balaban J connectivity index is 1.94. The summed E-state index contributed by atoms with van der Waals surface area (Å²) in [5.41, 5.74) is 0.392. The van der Waals surface area contributed by atoms with Crippen LogP contribution in [0, 0.1) is 5.92 Å². The van der Waals surface area contributed by atoms with E-state index in [4.69, 9.17) is 0 Å². The second kappa shape index (κ2) is 5.03. The monoisotopic (exact) mass is 225 g/mol. The fourth-order valence-electron chi connectivity index (χ4n) is 3.21. The van der Waals surface area contributed by atoms with Crippen molar-refractivity contribution in [2.45, 2.75) is 32.2 Å². The smallest absolute Gasteiger partial charge is 0.0183 e. The largest absolute Gasteiger partial charge is 0.314 e. The van der Waals surface area contributed by atoms with Crippen LogP contribution in [-0.2, 0) is 0 Å². The maximum Gasteiger partial charge on any atom is 0.0183 e. The Morgan fingerprint density at radius 2 is 1.56 bits per heavy atom. The van der Waals surface area contributed by atoms with Gasteiger partial charge in [-0.2, -0.15) is 0 Å². The Kier molecular flexibility index (Phi) is 3.88. The van der Waals surface area contributed by atoms with Crippen LogP contribution < -0.4 is 5.32 Å². The molecule has 0 aromatic carbocycles. The average molecular weight is 225 g/mol. The second-order valence-corrected chi connectivity index (χ2v) is 5.97. The number of hydrogen-bond donors (Lipinski definition) is 1. The number of piperidine rings is 1. The van der Waals surface area contributed by atoms with Crippen LogP contribution in [0.4, 0.5) is 0 Å². The molecule has 3 heteroatoms. The lowest BCUT2D eigenvalue weighted by molar-refractivity contribution is 0.0228. The van der Waals surface area contributed by atoms with Crippen LogP contribution in [0.15, 0.2) is 0 Å². The van der Waals surface area contributed by atoms with E-state index in [1.54, 1.807) is 0 Å². The van der Waals surface area contributed by atoms with Gasteiger partial charge in [0.1, 0.15) is 0 Å². The molecule has 2 fully saturated rings. The average Bonchev–Trinajstić information content (AvgIpc) is 2.31. The quantitative estimate of drug-likeness (QED) is 0.757. The number of likely N-dealkylation sites (tertiary alicyclic amines) is 1. The lowest BCUT2D eigenvalue weighted by atomic mass is 9.79. The highest BCUT2D eigenvalue weighted by atomic mass is 15.2. The minimum absolute atomic E-state index is 0.392. The lowest BCUT2D eigenvalue weighted by Crippen LogP contribution is -2.57. The summed E-state index contributed by atoms with van der Waals surface area (Å²) < 4.78 is 0. The van der Waals surface area contributed by atoms with Crippen molar-refractivity contribution in [2.75, 3.05) is 46.3 Å². The molecule has 16 heavy (non-hydrogen) atoms. The minimum atomic E-state index is 0.392. The molecule has 0 saturated carbocycles. The summed E-state index contributed by atoms with van der Waals surface area (Å²) in [7, 11) is 2.24. The van der Waals surface area contributed by atoms with E-state index < -0.39 is 0 Å². The van der Waals surface area contributed by atoms with Gasteiger partial charge in [0.25, 0.3) is 0 Å². The molecule has 0 amide bonds. The third kappa shape index (κ3) is 2.58. The zero-order valence-electron chi connectivity index (χ0n) is 11.1. The highest BCUT2D eigenvalue weighted by Crippen LogP contribution is 2.32. The first-order chi connectivity index (χ1) is 7.60. The number of rotatable bonds is 2. The Hall–Kier alpha value is -0.120. The van der Waals surface area contributed by atoms with Gasteiger partial charge in [-0.05, 0) is 52.7 Å². The Labute approximate surface area is 100 Å². The van der Waals surface area contributed by atoms with Crippen molar-refractivity contribution >= 4 is 0 Å². The molecule has 0 aliphatic carbocycles. The van der Waals surface area contributed by atoms with E-state index in [9.17, 15) is 0 Å². The molecule has 3 nitrogen and oxygen atoms in total. The SMILES string of the molecule is CN1CCC(C(C)(C)N2CCNCC2)CC1. The van der Waals surface area contributed by atoms with Crippen molar-refractivity contribution in [3.63, 3.8) is 0 Å². The van der Waals surface area contributed by atoms with E-state index in [0.717, 1.165) is 19.0 Å². The summed E-state index contributed by atoms with van der Waals surface area (Å²) in [6.45, 7) is 12.2. The minimum Gasteiger partial charge on any atom is -0.314 e. The van der Waals surface area contributed by atoms with Gasteiger partial charge in [0.05, 0.1) is 0 Å². The van der Waals surface area contributed by atoms with Crippen molar-refractivity contribution in [1.82, 2.24) is 15.1 Å². The van der Waals surface area contributed by atoms with Crippen LogP contribution in [0.1, 0.15) is 26.7 Å². The molecule has 2 aliphatic heterocycles. The van der Waals surface area contributed by atoms with Crippen LogP contribution in [0.5, 0.6) is 0 Å². The maximum atomic E-state index is 3.45. The van der Waals surface area contributed by atoms with Gasteiger partial charge in [0, 0.05) is 31.7 Å². The van der Waals surface area contributed by atoms with Crippen molar-refractivity contribution < 1.29 is 0 Å². The molecule has 2 aliphatic rings. The molecule has 0 spiro atoms. The van der Waals surface area contributed by atoms with Gasteiger partial charge in [0.2, 0.25) is 0 Å². The summed E-state index contributed by atoms with van der Waals surface area (Å²) in [6, 6.07) is 0. The third-order valence-corrected chi connectivity index (χ3v) is 4.65. The van der Waals surface area contributed by atoms with Crippen molar-refractivity contribution in [3.05, 3.63) is 0 Å². The van der Waals surface area contributed by atoms with Crippen molar-refractivity contribution in [3.8, 4) is 0 Å². The normalized spacial score (nSPS) is 27.2. The Bertz CT molecular complexity index is 213. The van der Waals surface area contributed by atoms with Crippen LogP contribution in [-0.4, -0.2) is 61.7 Å². The van der Waals surface area contributed by atoms with Crippen LogP contribution in [0.2, 0.25) is 0 Å². The molecule has 1 N–H and O–H groups in total. The van der Waals surface area contributed by atoms with Gasteiger partial charge in [-0.1, -0.05) is 0 Å². The molecule has 0 unspecified atom stereocenters. The highest BCUT2D eigenvalue weighted by molar-refractivity contribution is 4.92. The predicted molar refractivity (Wildman–Crippen MR) is 68.7 cm³/mol. The molecular formula is C13H27N3. The van der Waals surface area contributed by atoms with E-state index in [1.165, 1.54) is 39.0 Å². The first-order valence-corrected chi connectivity index (χ1v) is 6.75. The number of hydrogen-bond acceptors (Lipinski definition) is 3. The molecule has 2 saturated heterocycles. The van der Waals surface area contributed by atoms with Gasteiger partial charge in [-0.15, -0.1) is 0 Å². The molecular weight excluding hydrogens is 198 g/mol. The fraction of sp³-hybridized carbons (Fsp3) is 1.00. The van der Waals surface area contributed by atoms with Gasteiger partial charge < -0.3 is 10.2 Å². The summed E-state index contributed by atoms with van der Waals surface area (Å²) >= 11 is 0. The first kappa shape index (κ1) is 12.3. The van der Waals surface area contributed by atoms with Gasteiger partial charge >= 0.3 is 0 Å². The number of nitrogens with zero attached hydrogens (tertiary/aromatic N) is 2. The first-order valence-electron chi connectivity index (χ1n) is 6.75. The summed E-state index contributed by atoms with van der Waals surface area (Å²) in [6.07, 6.45) is 2.74. The summed E-state index contributed by atoms with van der Waals surface area (Å²) in [5, 5.41) is 3.45. The van der Waals surface area contributed by atoms with Gasteiger partial charge in [0.15, 0.2) is 0 Å². The Morgan fingerprint density at radius 1 is 1.00 bits per heavy atom. The van der Waals surface area contributed by atoms with E-state index in [-0.39, 0.29) is 0 Å². The molecule has 2 rings (SSSR count). The standard InChI is InChI=1S/C13H27N3/c1-13(2,16-10-6-14-7-11-16)12-4-8-15(3)9-5-12/h12,14H,4-11H2,1-3H3. The third-order valence-electron chi connectivity index (χ3n) is 4.65. The molecule has 0 aromatic heterocycles.